The van der Waals surface area contributed by atoms with Gasteiger partial charge < -0.3 is 9.90 Å². The normalized spacial score (nSPS) is 10.7. The van der Waals surface area contributed by atoms with Gasteiger partial charge >= 0.3 is 51.4 Å². The van der Waals surface area contributed by atoms with Crippen LogP contribution in [0.4, 0.5) is 0 Å². The van der Waals surface area contributed by atoms with Crippen molar-refractivity contribution in [2.45, 2.75) is 13.3 Å². The minimum atomic E-state index is -1.17. The molecule has 0 aliphatic heterocycles. The molecule has 3 nitrogen and oxygen atoms in total. The van der Waals surface area contributed by atoms with Crippen LogP contribution in [0.15, 0.2) is 0 Å². The Kier molecular flexibility index (Phi) is 9.17. The van der Waals surface area contributed by atoms with Crippen molar-refractivity contribution in [3.63, 3.8) is 0 Å². The summed E-state index contributed by atoms with van der Waals surface area (Å²) in [4.78, 5) is 9.71. The standard InChI is InChI=1S/C5H7NO2.K/c1-4(3-6)2-5(7)8;/h4H,2H2,1H3,(H,7,8);/q;+1/p-1. The van der Waals surface area contributed by atoms with Gasteiger partial charge in [0.05, 0.1) is 6.07 Å². The summed E-state index contributed by atoms with van der Waals surface area (Å²) in [5, 5.41) is 17.7. The third-order valence-electron chi connectivity index (χ3n) is 0.693. The molecule has 0 radical (unpaired) electrons. The van der Waals surface area contributed by atoms with Crippen LogP contribution in [-0.4, -0.2) is 5.97 Å². The molecule has 0 N–H and O–H groups in total. The molecule has 4 heteroatoms. The molecule has 0 aromatic carbocycles. The van der Waals surface area contributed by atoms with Crippen LogP contribution >= 0.6 is 0 Å². The average molecular weight is 151 g/mol. The summed E-state index contributed by atoms with van der Waals surface area (Å²) >= 11 is 0. The number of rotatable bonds is 2. The predicted octanol–water partition coefficient (Wildman–Crippen LogP) is -3.71. The van der Waals surface area contributed by atoms with Crippen molar-refractivity contribution in [2.24, 2.45) is 5.92 Å². The molecule has 0 fully saturated rings. The Hall–Kier alpha value is 0.596. The average Bonchev–Trinajstić information content (AvgIpc) is 1.65. The van der Waals surface area contributed by atoms with E-state index in [9.17, 15) is 9.90 Å². The van der Waals surface area contributed by atoms with E-state index in [1.807, 2.05) is 0 Å². The second-order valence-corrected chi connectivity index (χ2v) is 1.61. The van der Waals surface area contributed by atoms with Crippen LogP contribution in [0.1, 0.15) is 13.3 Å². The number of aliphatic carboxylic acids is 1. The van der Waals surface area contributed by atoms with Gasteiger partial charge in [-0.25, -0.2) is 0 Å². The van der Waals surface area contributed by atoms with Crippen molar-refractivity contribution in [1.29, 1.82) is 5.26 Å². The first-order chi connectivity index (χ1) is 3.66. The monoisotopic (exact) mass is 151 g/mol. The fourth-order valence-corrected chi connectivity index (χ4v) is 0.296. The number of hydrogen-bond donors (Lipinski definition) is 0. The zero-order valence-corrected chi connectivity index (χ0v) is 8.67. The fraction of sp³-hybridized carbons (Fsp3) is 0.600. The van der Waals surface area contributed by atoms with E-state index in [2.05, 4.69) is 0 Å². The zero-order chi connectivity index (χ0) is 6.57. The maximum Gasteiger partial charge on any atom is 1.00 e. The van der Waals surface area contributed by atoms with Crippen molar-refractivity contribution >= 4 is 5.97 Å². The molecule has 1 unspecified atom stereocenters. The Bertz CT molecular complexity index is 129. The third kappa shape index (κ3) is 8.60. The minimum Gasteiger partial charge on any atom is -0.550 e. The van der Waals surface area contributed by atoms with E-state index in [0.717, 1.165) is 0 Å². The van der Waals surface area contributed by atoms with E-state index < -0.39 is 11.9 Å². The van der Waals surface area contributed by atoms with Gasteiger partial charge in [-0.05, 0) is 6.92 Å². The molecule has 0 amide bonds. The summed E-state index contributed by atoms with van der Waals surface area (Å²) < 4.78 is 0. The molecule has 0 rings (SSSR count). The number of nitrogens with zero attached hydrogens (tertiary/aromatic N) is 1. The maximum atomic E-state index is 9.71. The summed E-state index contributed by atoms with van der Waals surface area (Å²) in [5.74, 6) is -1.60. The smallest absolute Gasteiger partial charge is 0.550 e. The molecular formula is C5H6KNO2. The maximum absolute atomic E-state index is 9.71. The molecule has 0 saturated carbocycles. The van der Waals surface area contributed by atoms with Crippen LogP contribution in [0, 0.1) is 17.2 Å². The van der Waals surface area contributed by atoms with Crippen molar-refractivity contribution in [3.8, 4) is 6.07 Å². The second kappa shape index (κ2) is 6.71. The molecule has 1 atom stereocenters. The van der Waals surface area contributed by atoms with Crippen molar-refractivity contribution in [1.82, 2.24) is 0 Å². The Balaban J connectivity index is 0. The van der Waals surface area contributed by atoms with E-state index in [1.54, 1.807) is 6.07 Å². The molecule has 0 aliphatic carbocycles. The summed E-state index contributed by atoms with van der Waals surface area (Å²) in [6, 6.07) is 1.78. The van der Waals surface area contributed by atoms with Gasteiger partial charge in [0.15, 0.2) is 0 Å². The quantitative estimate of drug-likeness (QED) is 0.381. The predicted molar refractivity (Wildman–Crippen MR) is 24.4 cm³/mol. The van der Waals surface area contributed by atoms with E-state index in [0.29, 0.717) is 0 Å². The molecule has 0 aliphatic rings. The first-order valence-electron chi connectivity index (χ1n) is 2.26. The molecule has 0 saturated heterocycles. The van der Waals surface area contributed by atoms with Crippen LogP contribution in [0.25, 0.3) is 0 Å². The first-order valence-corrected chi connectivity index (χ1v) is 2.26. The Morgan fingerprint density at radius 1 is 1.89 bits per heavy atom. The topological polar surface area (TPSA) is 63.9 Å². The van der Waals surface area contributed by atoms with E-state index >= 15 is 0 Å². The van der Waals surface area contributed by atoms with Crippen LogP contribution in [0.2, 0.25) is 0 Å². The Morgan fingerprint density at radius 2 is 2.33 bits per heavy atom. The number of carboxylic acids is 1. The van der Waals surface area contributed by atoms with Gasteiger partial charge in [0.2, 0.25) is 0 Å². The zero-order valence-electron chi connectivity index (χ0n) is 5.55. The van der Waals surface area contributed by atoms with Crippen molar-refractivity contribution < 1.29 is 61.3 Å². The van der Waals surface area contributed by atoms with Gasteiger partial charge in [-0.2, -0.15) is 5.26 Å². The van der Waals surface area contributed by atoms with Gasteiger partial charge in [0, 0.05) is 18.3 Å². The summed E-state index contributed by atoms with van der Waals surface area (Å²) in [6.07, 6.45) is -0.170. The van der Waals surface area contributed by atoms with Gasteiger partial charge in [-0.1, -0.05) is 0 Å². The van der Waals surface area contributed by atoms with Gasteiger partial charge in [0.1, 0.15) is 0 Å². The number of nitriles is 1. The molecular weight excluding hydrogens is 145 g/mol. The van der Waals surface area contributed by atoms with E-state index in [1.165, 1.54) is 6.92 Å². The molecule has 0 heterocycles. The van der Waals surface area contributed by atoms with Crippen LogP contribution in [0.5, 0.6) is 0 Å². The summed E-state index contributed by atoms with van der Waals surface area (Å²) in [5.41, 5.74) is 0. The first kappa shape index (κ1) is 12.3. The van der Waals surface area contributed by atoms with Crippen LogP contribution in [0.3, 0.4) is 0 Å². The van der Waals surface area contributed by atoms with E-state index in [-0.39, 0.29) is 57.8 Å². The molecule has 0 aromatic rings. The van der Waals surface area contributed by atoms with Gasteiger partial charge in [0.25, 0.3) is 0 Å². The molecule has 0 bridgehead atoms. The third-order valence-corrected chi connectivity index (χ3v) is 0.693. The molecule has 44 valence electrons. The Morgan fingerprint density at radius 3 is 2.44 bits per heavy atom. The van der Waals surface area contributed by atoms with Gasteiger partial charge in [-0.3, -0.25) is 0 Å². The largest absolute Gasteiger partial charge is 1.00 e. The molecule has 9 heavy (non-hydrogen) atoms. The molecule has 0 spiro atoms. The van der Waals surface area contributed by atoms with Crippen LogP contribution in [-0.2, 0) is 4.79 Å². The Labute approximate surface area is 96.5 Å². The second-order valence-electron chi connectivity index (χ2n) is 1.61. The minimum absolute atomic E-state index is 0. The molecule has 0 aromatic heterocycles. The van der Waals surface area contributed by atoms with Crippen molar-refractivity contribution in [3.05, 3.63) is 0 Å². The van der Waals surface area contributed by atoms with E-state index in [4.69, 9.17) is 5.26 Å². The summed E-state index contributed by atoms with van der Waals surface area (Å²) in [6.45, 7) is 1.54. The number of carbonyl (C=O) groups is 1. The number of carboxylic acid groups (broad SMARTS) is 1. The SMILES string of the molecule is CC(C#N)CC(=O)[O-].[K+]. The fourth-order valence-electron chi connectivity index (χ4n) is 0.296. The van der Waals surface area contributed by atoms with Crippen LogP contribution < -0.4 is 56.5 Å². The van der Waals surface area contributed by atoms with Gasteiger partial charge in [-0.15, -0.1) is 0 Å². The summed E-state index contributed by atoms with van der Waals surface area (Å²) in [7, 11) is 0. The number of carbonyl (C=O) groups excluding carboxylic acids is 1. The van der Waals surface area contributed by atoms with Crippen molar-refractivity contribution in [2.75, 3.05) is 0 Å². The number of hydrogen-bond acceptors (Lipinski definition) is 3.